The van der Waals surface area contributed by atoms with Crippen molar-refractivity contribution >= 4 is 9.84 Å². The molecule has 0 aliphatic heterocycles. The Hall–Kier alpha value is -0.130. The van der Waals surface area contributed by atoms with Gasteiger partial charge in [-0.3, -0.25) is 0 Å². The second-order valence-electron chi connectivity index (χ2n) is 2.64. The number of hydrogen-bond donors (Lipinski definition) is 1. The van der Waals surface area contributed by atoms with E-state index in [1.54, 1.807) is 7.11 Å². The van der Waals surface area contributed by atoms with Gasteiger partial charge in [0.15, 0.2) is 0 Å². The number of ether oxygens (including phenoxy) is 1. The van der Waals surface area contributed by atoms with E-state index in [1.165, 1.54) is 0 Å². The highest BCUT2D eigenvalue weighted by Crippen LogP contribution is 1.96. The highest BCUT2D eigenvalue weighted by Gasteiger charge is 2.08. The van der Waals surface area contributed by atoms with Crippen LogP contribution in [0.3, 0.4) is 0 Å². The highest BCUT2D eigenvalue weighted by atomic mass is 32.2. The Morgan fingerprint density at radius 2 is 1.83 bits per heavy atom. The summed E-state index contributed by atoms with van der Waals surface area (Å²) in [6.45, 7) is 0.936. The van der Waals surface area contributed by atoms with Crippen molar-refractivity contribution in [3.05, 3.63) is 0 Å². The van der Waals surface area contributed by atoms with Crippen LogP contribution in [-0.4, -0.2) is 40.2 Å². The molecule has 5 heteroatoms. The normalized spacial score (nSPS) is 11.8. The Bertz CT molecular complexity index is 189. The molecule has 0 spiro atoms. The Kier molecular flexibility index (Phi) is 6.32. The van der Waals surface area contributed by atoms with E-state index in [2.05, 4.69) is 0 Å². The van der Waals surface area contributed by atoms with Crippen molar-refractivity contribution in [1.29, 1.82) is 0 Å². The molecular weight excluding hydrogens is 178 g/mol. The topological polar surface area (TPSA) is 69.4 Å². The van der Waals surface area contributed by atoms with Crippen molar-refractivity contribution in [2.45, 2.75) is 12.8 Å². The van der Waals surface area contributed by atoms with Gasteiger partial charge in [0.05, 0.1) is 11.5 Å². The first-order valence-electron chi connectivity index (χ1n) is 4.02. The van der Waals surface area contributed by atoms with Gasteiger partial charge in [-0.1, -0.05) is 0 Å². The predicted molar refractivity (Wildman–Crippen MR) is 48.8 cm³/mol. The van der Waals surface area contributed by atoms with Crippen LogP contribution in [-0.2, 0) is 14.6 Å². The first-order valence-corrected chi connectivity index (χ1v) is 5.84. The molecule has 0 unspecified atom stereocenters. The Balaban J connectivity index is 3.58. The lowest BCUT2D eigenvalue weighted by atomic mass is 10.5. The van der Waals surface area contributed by atoms with Gasteiger partial charge in [0.2, 0.25) is 0 Å². The smallest absolute Gasteiger partial charge is 0.150 e. The molecule has 0 aromatic heterocycles. The second kappa shape index (κ2) is 6.39. The maximum absolute atomic E-state index is 11.2. The van der Waals surface area contributed by atoms with Crippen LogP contribution in [0.25, 0.3) is 0 Å². The van der Waals surface area contributed by atoms with Gasteiger partial charge >= 0.3 is 0 Å². The molecule has 0 saturated heterocycles. The van der Waals surface area contributed by atoms with Gasteiger partial charge in [-0.15, -0.1) is 0 Å². The minimum Gasteiger partial charge on any atom is -0.385 e. The van der Waals surface area contributed by atoms with Crippen molar-refractivity contribution in [2.75, 3.05) is 31.8 Å². The number of sulfone groups is 1. The van der Waals surface area contributed by atoms with Crippen LogP contribution >= 0.6 is 0 Å². The second-order valence-corrected chi connectivity index (χ2v) is 4.94. The molecule has 2 N–H and O–H groups in total. The van der Waals surface area contributed by atoms with Gasteiger partial charge in [-0.25, -0.2) is 8.42 Å². The third-order valence-corrected chi connectivity index (χ3v) is 3.28. The molecule has 0 aliphatic carbocycles. The lowest BCUT2D eigenvalue weighted by molar-refractivity contribution is 0.199. The van der Waals surface area contributed by atoms with Crippen LogP contribution in [0.2, 0.25) is 0 Å². The summed E-state index contributed by atoms with van der Waals surface area (Å²) in [5.74, 6) is 0.411. The molecule has 12 heavy (non-hydrogen) atoms. The van der Waals surface area contributed by atoms with E-state index in [0.717, 1.165) is 0 Å². The highest BCUT2D eigenvalue weighted by molar-refractivity contribution is 7.91. The molecule has 74 valence electrons. The van der Waals surface area contributed by atoms with Crippen molar-refractivity contribution in [2.24, 2.45) is 5.73 Å². The van der Waals surface area contributed by atoms with Gasteiger partial charge in [0.1, 0.15) is 9.84 Å². The fourth-order valence-electron chi connectivity index (χ4n) is 0.828. The largest absolute Gasteiger partial charge is 0.385 e. The molecule has 0 bridgehead atoms. The first-order chi connectivity index (χ1) is 5.62. The SMILES string of the molecule is COCCCS(=O)(=O)CCCN. The van der Waals surface area contributed by atoms with Crippen LogP contribution in [0, 0.1) is 0 Å². The molecule has 0 aliphatic rings. The van der Waals surface area contributed by atoms with Crippen LogP contribution in [0.4, 0.5) is 0 Å². The maximum atomic E-state index is 11.2. The van der Waals surface area contributed by atoms with Gasteiger partial charge in [0, 0.05) is 13.7 Å². The Morgan fingerprint density at radius 1 is 1.25 bits per heavy atom. The summed E-state index contributed by atoms with van der Waals surface area (Å²) in [6.07, 6.45) is 1.12. The first kappa shape index (κ1) is 11.9. The van der Waals surface area contributed by atoms with Crippen molar-refractivity contribution in [3.8, 4) is 0 Å². The molecule has 0 aromatic carbocycles. The summed E-state index contributed by atoms with van der Waals surface area (Å²) in [4.78, 5) is 0. The third kappa shape index (κ3) is 6.57. The summed E-state index contributed by atoms with van der Waals surface area (Å²) in [7, 11) is -1.31. The molecule has 0 heterocycles. The molecule has 0 atom stereocenters. The Labute approximate surface area is 74.0 Å². The zero-order chi connectivity index (χ0) is 9.45. The zero-order valence-corrected chi connectivity index (χ0v) is 8.27. The van der Waals surface area contributed by atoms with E-state index in [9.17, 15) is 8.42 Å². The van der Waals surface area contributed by atoms with E-state index in [1.807, 2.05) is 0 Å². The fraction of sp³-hybridized carbons (Fsp3) is 1.00. The minimum absolute atomic E-state index is 0.202. The van der Waals surface area contributed by atoms with Crippen LogP contribution in [0.15, 0.2) is 0 Å². The summed E-state index contributed by atoms with van der Waals surface area (Å²) in [6, 6.07) is 0. The third-order valence-electron chi connectivity index (χ3n) is 1.46. The average molecular weight is 195 g/mol. The summed E-state index contributed by atoms with van der Waals surface area (Å²) >= 11 is 0. The van der Waals surface area contributed by atoms with Gasteiger partial charge in [-0.2, -0.15) is 0 Å². The van der Waals surface area contributed by atoms with E-state index in [4.69, 9.17) is 10.5 Å². The van der Waals surface area contributed by atoms with Crippen molar-refractivity contribution < 1.29 is 13.2 Å². The number of nitrogens with two attached hydrogens (primary N) is 1. The minimum atomic E-state index is -2.88. The zero-order valence-electron chi connectivity index (χ0n) is 7.45. The summed E-state index contributed by atoms with van der Waals surface area (Å²) < 4.78 is 27.1. The molecule has 0 rings (SSSR count). The maximum Gasteiger partial charge on any atom is 0.150 e. The predicted octanol–water partition coefficient (Wildman–Crippen LogP) is -0.213. The quantitative estimate of drug-likeness (QED) is 0.570. The van der Waals surface area contributed by atoms with Crippen LogP contribution in [0.1, 0.15) is 12.8 Å². The van der Waals surface area contributed by atoms with Crippen molar-refractivity contribution in [3.63, 3.8) is 0 Å². The van der Waals surface area contributed by atoms with Crippen LogP contribution in [0.5, 0.6) is 0 Å². The molecule has 0 aromatic rings. The molecule has 0 radical (unpaired) electrons. The van der Waals surface area contributed by atoms with E-state index < -0.39 is 9.84 Å². The average Bonchev–Trinajstić information content (AvgIpc) is 2.01. The van der Waals surface area contributed by atoms with Crippen LogP contribution < -0.4 is 5.73 Å². The van der Waals surface area contributed by atoms with Gasteiger partial charge in [0.25, 0.3) is 0 Å². The number of hydrogen-bond acceptors (Lipinski definition) is 4. The van der Waals surface area contributed by atoms with E-state index in [0.29, 0.717) is 26.0 Å². The number of rotatable bonds is 7. The fourth-order valence-corrected chi connectivity index (χ4v) is 2.20. The lowest BCUT2D eigenvalue weighted by Crippen LogP contribution is -2.15. The molecular formula is C7H17NO3S. The van der Waals surface area contributed by atoms with E-state index in [-0.39, 0.29) is 11.5 Å². The number of methoxy groups -OCH3 is 1. The molecule has 0 amide bonds. The Morgan fingerprint density at radius 3 is 2.33 bits per heavy atom. The van der Waals surface area contributed by atoms with Crippen molar-refractivity contribution in [1.82, 2.24) is 0 Å². The van der Waals surface area contributed by atoms with Gasteiger partial charge < -0.3 is 10.5 Å². The standard InChI is InChI=1S/C7H17NO3S/c1-11-5-3-7-12(9,10)6-2-4-8/h2-8H2,1H3. The molecule has 4 nitrogen and oxygen atoms in total. The lowest BCUT2D eigenvalue weighted by Gasteiger charge is -2.01. The monoisotopic (exact) mass is 195 g/mol. The molecule has 0 saturated carbocycles. The van der Waals surface area contributed by atoms with E-state index >= 15 is 0 Å². The molecule has 0 fully saturated rings. The summed E-state index contributed by atoms with van der Waals surface area (Å²) in [5.41, 5.74) is 5.20. The summed E-state index contributed by atoms with van der Waals surface area (Å²) in [5, 5.41) is 0. The van der Waals surface area contributed by atoms with Gasteiger partial charge in [-0.05, 0) is 19.4 Å².